The van der Waals surface area contributed by atoms with Gasteiger partial charge in [-0.15, -0.1) is 0 Å². The number of fused-ring (bicyclic) bond motifs is 3. The maximum atomic E-state index is 13.8. The number of benzene rings is 1. The fraction of sp³-hybridized carbons (Fsp3) is 0.552. The van der Waals surface area contributed by atoms with E-state index in [1.165, 1.54) is 0 Å². The second-order valence-electron chi connectivity index (χ2n) is 13.1. The summed E-state index contributed by atoms with van der Waals surface area (Å²) in [6.07, 6.45) is -0.649. The van der Waals surface area contributed by atoms with Crippen LogP contribution in [0.2, 0.25) is 0 Å². The van der Waals surface area contributed by atoms with E-state index in [4.69, 9.17) is 5.73 Å². The van der Waals surface area contributed by atoms with E-state index in [0.29, 0.717) is 11.3 Å². The first kappa shape index (κ1) is 28.1. The van der Waals surface area contributed by atoms with Crippen LogP contribution in [-0.2, 0) is 14.4 Å². The Morgan fingerprint density at radius 1 is 1.07 bits per heavy atom. The molecule has 11 heteroatoms. The Labute approximate surface area is 231 Å². The third kappa shape index (κ3) is 3.93. The van der Waals surface area contributed by atoms with E-state index in [-0.39, 0.29) is 28.4 Å². The minimum atomic E-state index is -2.85. The number of phenols is 1. The molecule has 0 unspecified atom stereocenters. The lowest BCUT2D eigenvalue weighted by molar-refractivity contribution is -0.160. The summed E-state index contributed by atoms with van der Waals surface area (Å²) in [5.74, 6) is -8.71. The van der Waals surface area contributed by atoms with Gasteiger partial charge in [-0.3, -0.25) is 14.4 Å². The van der Waals surface area contributed by atoms with Crippen LogP contribution >= 0.6 is 0 Å². The maximum Gasteiger partial charge on any atom is 0.255 e. The summed E-state index contributed by atoms with van der Waals surface area (Å²) in [7, 11) is 0. The number of aliphatic hydroxyl groups excluding tert-OH is 3. The molecule has 1 amide bonds. The van der Waals surface area contributed by atoms with Gasteiger partial charge >= 0.3 is 0 Å². The van der Waals surface area contributed by atoms with Crippen LogP contribution in [0, 0.1) is 11.8 Å². The van der Waals surface area contributed by atoms with Gasteiger partial charge in [0.2, 0.25) is 5.78 Å². The van der Waals surface area contributed by atoms with Crippen molar-refractivity contribution in [3.05, 3.63) is 40.2 Å². The molecule has 1 saturated carbocycles. The van der Waals surface area contributed by atoms with E-state index in [1.54, 1.807) is 19.1 Å². The number of phenolic OH excluding ortho intramolecular Hbond substituents is 1. The summed E-state index contributed by atoms with van der Waals surface area (Å²) < 4.78 is 0. The topological polar surface area (TPSA) is 202 Å². The number of aliphatic hydroxyl groups is 4. The first-order chi connectivity index (χ1) is 18.4. The zero-order valence-corrected chi connectivity index (χ0v) is 23.2. The molecule has 0 bridgehead atoms. The smallest absolute Gasteiger partial charge is 0.255 e. The number of piperidine rings is 1. The highest BCUT2D eigenvalue weighted by molar-refractivity contribution is 6.23. The average molecular weight is 556 g/mol. The Balaban J connectivity index is 1.62. The van der Waals surface area contributed by atoms with E-state index >= 15 is 0 Å². The van der Waals surface area contributed by atoms with Gasteiger partial charge in [0.25, 0.3) is 5.91 Å². The summed E-state index contributed by atoms with van der Waals surface area (Å²) in [5.41, 5.74) is 1.51. The molecule has 11 nitrogen and oxygen atoms in total. The molecule has 1 aliphatic heterocycles. The number of aromatic hydroxyl groups is 1. The molecule has 1 saturated heterocycles. The predicted molar refractivity (Wildman–Crippen MR) is 145 cm³/mol. The molecule has 5 atom stereocenters. The third-order valence-electron chi connectivity index (χ3n) is 9.05. The molecule has 1 aromatic rings. The first-order valence-electron chi connectivity index (χ1n) is 13.5. The quantitative estimate of drug-likeness (QED) is 0.200. The molecular formula is C29H37N3O8. The standard InChI is InChI=1S/C29H37N3O8/c1-11-13-6-7-15(31-12-9-27(2,3)32-28(4,5)10-12)22(35)18(13)23(36)20-17(11)21(34)14-8-16(33)19(26(30)39)24(37)29(14,40)25(20)38/h6-7,11-12,14,17,21,31-32,34-37,40H,8-10H2,1-5H3,(H2,30,39)/t11-,14+,17+,21+,29+/m0/s1. The molecule has 4 aliphatic rings. The van der Waals surface area contributed by atoms with Crippen molar-refractivity contribution in [2.75, 3.05) is 5.32 Å². The van der Waals surface area contributed by atoms with Crippen molar-refractivity contribution in [1.29, 1.82) is 0 Å². The van der Waals surface area contributed by atoms with Crippen LogP contribution in [0.3, 0.4) is 0 Å². The number of anilines is 1. The van der Waals surface area contributed by atoms with Gasteiger partial charge in [0.15, 0.2) is 11.4 Å². The molecule has 2 fully saturated rings. The van der Waals surface area contributed by atoms with Gasteiger partial charge in [0.1, 0.15) is 22.8 Å². The van der Waals surface area contributed by atoms with Crippen LogP contribution in [0.5, 0.6) is 5.75 Å². The Morgan fingerprint density at radius 2 is 1.68 bits per heavy atom. The van der Waals surface area contributed by atoms with Gasteiger partial charge in [0.05, 0.1) is 17.4 Å². The highest BCUT2D eigenvalue weighted by atomic mass is 16.4. The van der Waals surface area contributed by atoms with Crippen molar-refractivity contribution in [3.63, 3.8) is 0 Å². The van der Waals surface area contributed by atoms with Gasteiger partial charge < -0.3 is 41.9 Å². The van der Waals surface area contributed by atoms with Crippen LogP contribution in [-0.4, -0.2) is 71.8 Å². The number of Topliss-reactive ketones (excluding diaryl/α,β-unsaturated/α-hetero) is 2. The minimum absolute atomic E-state index is 0.0209. The first-order valence-corrected chi connectivity index (χ1v) is 13.5. The second-order valence-corrected chi connectivity index (χ2v) is 13.1. The summed E-state index contributed by atoms with van der Waals surface area (Å²) in [4.78, 5) is 38.3. The van der Waals surface area contributed by atoms with Crippen molar-refractivity contribution in [2.24, 2.45) is 17.6 Å². The Bertz CT molecular complexity index is 1390. The SMILES string of the molecule is C[C@H]1c2ccc(NC3CC(C)(C)NC(C)(C)C3)c(O)c2C(O)=C2C(=O)[C@]3(O)C(O)=C(C(N)=O)C(=O)C[C@@H]3[C@@H](O)[C@@H]21. The molecule has 216 valence electrons. The summed E-state index contributed by atoms with van der Waals surface area (Å²) in [6.45, 7) is 10.1. The van der Waals surface area contributed by atoms with E-state index in [0.717, 1.165) is 12.8 Å². The maximum absolute atomic E-state index is 13.8. The van der Waals surface area contributed by atoms with Gasteiger partial charge in [0, 0.05) is 40.9 Å². The second kappa shape index (κ2) is 8.79. The average Bonchev–Trinajstić information content (AvgIpc) is 2.81. The van der Waals surface area contributed by atoms with Crippen molar-refractivity contribution in [1.82, 2.24) is 5.32 Å². The predicted octanol–water partition coefficient (Wildman–Crippen LogP) is 1.68. The summed E-state index contributed by atoms with van der Waals surface area (Å²) >= 11 is 0. The van der Waals surface area contributed by atoms with Crippen LogP contribution in [0.15, 0.2) is 29.0 Å². The molecule has 9 N–H and O–H groups in total. The van der Waals surface area contributed by atoms with Crippen LogP contribution in [0.25, 0.3) is 5.76 Å². The number of primary amides is 1. The number of nitrogens with one attached hydrogen (secondary N) is 2. The molecule has 40 heavy (non-hydrogen) atoms. The number of nitrogens with two attached hydrogens (primary N) is 1. The lowest BCUT2D eigenvalue weighted by atomic mass is 9.55. The van der Waals surface area contributed by atoms with Crippen molar-refractivity contribution < 1.29 is 39.9 Å². The van der Waals surface area contributed by atoms with Gasteiger partial charge in [-0.2, -0.15) is 0 Å². The Kier molecular flexibility index (Phi) is 6.18. The fourth-order valence-electron chi connectivity index (χ4n) is 7.76. The summed E-state index contributed by atoms with van der Waals surface area (Å²) in [6, 6.07) is 3.38. The number of hydrogen-bond donors (Lipinski definition) is 8. The fourth-order valence-corrected chi connectivity index (χ4v) is 7.76. The van der Waals surface area contributed by atoms with Gasteiger partial charge in [-0.25, -0.2) is 0 Å². The van der Waals surface area contributed by atoms with Crippen LogP contribution in [0.4, 0.5) is 5.69 Å². The van der Waals surface area contributed by atoms with Crippen molar-refractivity contribution in [3.8, 4) is 5.75 Å². The third-order valence-corrected chi connectivity index (χ3v) is 9.05. The minimum Gasteiger partial charge on any atom is -0.508 e. The van der Waals surface area contributed by atoms with E-state index < -0.39 is 76.0 Å². The van der Waals surface area contributed by atoms with Crippen molar-refractivity contribution >= 4 is 28.9 Å². The highest BCUT2D eigenvalue weighted by Crippen LogP contribution is 2.56. The molecule has 5 rings (SSSR count). The monoisotopic (exact) mass is 555 g/mol. The van der Waals surface area contributed by atoms with Gasteiger partial charge in [-0.1, -0.05) is 13.0 Å². The molecule has 0 radical (unpaired) electrons. The normalized spacial score (nSPS) is 33.3. The molecule has 0 spiro atoms. The molecule has 3 aliphatic carbocycles. The van der Waals surface area contributed by atoms with Crippen molar-refractivity contribution in [2.45, 2.75) is 88.6 Å². The number of carbonyl (C=O) groups is 3. The lowest BCUT2D eigenvalue weighted by Gasteiger charge is -2.50. The van der Waals surface area contributed by atoms with Crippen LogP contribution in [0.1, 0.15) is 70.9 Å². The number of amides is 1. The lowest BCUT2D eigenvalue weighted by Crippen LogP contribution is -2.63. The van der Waals surface area contributed by atoms with E-state index in [9.17, 15) is 39.9 Å². The molecule has 0 aromatic heterocycles. The number of hydrogen-bond acceptors (Lipinski definition) is 10. The zero-order chi connectivity index (χ0) is 29.7. The van der Waals surface area contributed by atoms with Gasteiger partial charge in [-0.05, 0) is 58.1 Å². The van der Waals surface area contributed by atoms with E-state index in [2.05, 4.69) is 38.3 Å². The van der Waals surface area contributed by atoms with Crippen LogP contribution < -0.4 is 16.4 Å². The molecule has 1 aromatic carbocycles. The number of carbonyl (C=O) groups excluding carboxylic acids is 3. The number of rotatable bonds is 3. The zero-order valence-electron chi connectivity index (χ0n) is 23.2. The molecular weight excluding hydrogens is 518 g/mol. The van der Waals surface area contributed by atoms with E-state index in [1.807, 2.05) is 0 Å². The summed E-state index contributed by atoms with van der Waals surface area (Å²) in [5, 5.41) is 63.4. The Hall–Kier alpha value is -3.41. The number of ketones is 2. The molecule has 1 heterocycles. The highest BCUT2D eigenvalue weighted by Gasteiger charge is 2.65. The largest absolute Gasteiger partial charge is 0.508 e. The Morgan fingerprint density at radius 3 is 2.25 bits per heavy atom.